The van der Waals surface area contributed by atoms with Gasteiger partial charge in [-0.1, -0.05) is 18.2 Å². The number of para-hydroxylation sites is 1. The van der Waals surface area contributed by atoms with Gasteiger partial charge >= 0.3 is 5.97 Å². The van der Waals surface area contributed by atoms with Crippen molar-refractivity contribution in [1.82, 2.24) is 9.97 Å². The van der Waals surface area contributed by atoms with E-state index in [0.29, 0.717) is 29.0 Å². The van der Waals surface area contributed by atoms with Crippen LogP contribution in [-0.2, 0) is 9.53 Å². The smallest absolute Gasteiger partial charge is 0.337 e. The topological polar surface area (TPSA) is 116 Å². The van der Waals surface area contributed by atoms with Gasteiger partial charge in [-0.05, 0) is 37.5 Å². The fourth-order valence-corrected chi connectivity index (χ4v) is 3.16. The van der Waals surface area contributed by atoms with Crippen molar-refractivity contribution in [1.29, 1.82) is 0 Å². The molecule has 1 aliphatic carbocycles. The molecule has 0 saturated heterocycles. The van der Waals surface area contributed by atoms with Crippen LogP contribution < -0.4 is 10.1 Å². The SMILES string of the molecule is COC(=O)C1=CCC(C)(Cl)C(COc2cnc(Nc3c(C)cccc3[N+](=O)[O-])nc2)=C1. The molecule has 0 amide bonds. The van der Waals surface area contributed by atoms with E-state index in [0.717, 1.165) is 5.57 Å². The molecule has 0 saturated carbocycles. The molecule has 1 atom stereocenters. The van der Waals surface area contributed by atoms with E-state index in [2.05, 4.69) is 15.3 Å². The molecule has 0 aliphatic heterocycles. The zero-order valence-electron chi connectivity index (χ0n) is 17.2. The molecule has 1 aliphatic rings. The average molecular weight is 445 g/mol. The van der Waals surface area contributed by atoms with Gasteiger partial charge in [-0.3, -0.25) is 10.1 Å². The van der Waals surface area contributed by atoms with Gasteiger partial charge in [0.2, 0.25) is 5.95 Å². The first kappa shape index (κ1) is 22.2. The van der Waals surface area contributed by atoms with Crippen LogP contribution >= 0.6 is 11.6 Å². The molecule has 1 N–H and O–H groups in total. The number of carbonyl (C=O) groups excluding carboxylic acids is 1. The molecule has 1 heterocycles. The Bertz CT molecular complexity index is 1060. The van der Waals surface area contributed by atoms with Gasteiger partial charge in [0.15, 0.2) is 5.75 Å². The number of esters is 1. The Balaban J connectivity index is 1.71. The van der Waals surface area contributed by atoms with Gasteiger partial charge in [0.1, 0.15) is 12.3 Å². The quantitative estimate of drug-likeness (QED) is 0.291. The van der Waals surface area contributed by atoms with E-state index >= 15 is 0 Å². The second kappa shape index (κ2) is 9.13. The zero-order chi connectivity index (χ0) is 22.6. The number of nitrogens with one attached hydrogen (secondary N) is 1. The molecule has 0 radical (unpaired) electrons. The van der Waals surface area contributed by atoms with Crippen LogP contribution in [-0.4, -0.2) is 39.5 Å². The lowest BCUT2D eigenvalue weighted by Gasteiger charge is -2.28. The Morgan fingerprint density at radius 2 is 2.06 bits per heavy atom. The van der Waals surface area contributed by atoms with Crippen LogP contribution in [0.25, 0.3) is 0 Å². The molecule has 162 valence electrons. The summed E-state index contributed by atoms with van der Waals surface area (Å²) in [4.78, 5) is 30.2. The number of hydrogen-bond donors (Lipinski definition) is 1. The first-order valence-corrected chi connectivity index (χ1v) is 9.73. The number of nitro benzene ring substituents is 1. The summed E-state index contributed by atoms with van der Waals surface area (Å²) >= 11 is 6.55. The Morgan fingerprint density at radius 3 is 2.71 bits per heavy atom. The predicted molar refractivity (Wildman–Crippen MR) is 116 cm³/mol. The number of nitrogens with zero attached hydrogens (tertiary/aromatic N) is 3. The van der Waals surface area contributed by atoms with E-state index in [4.69, 9.17) is 21.1 Å². The zero-order valence-corrected chi connectivity index (χ0v) is 18.0. The van der Waals surface area contributed by atoms with Gasteiger partial charge < -0.3 is 14.8 Å². The average Bonchev–Trinajstić information content (AvgIpc) is 2.74. The van der Waals surface area contributed by atoms with Gasteiger partial charge in [-0.25, -0.2) is 14.8 Å². The molecule has 1 aromatic heterocycles. The summed E-state index contributed by atoms with van der Waals surface area (Å²) in [5.41, 5.74) is 2.10. The number of aromatic nitrogens is 2. The van der Waals surface area contributed by atoms with E-state index in [9.17, 15) is 14.9 Å². The van der Waals surface area contributed by atoms with Crippen molar-refractivity contribution in [2.45, 2.75) is 25.1 Å². The molecule has 1 aromatic carbocycles. The van der Waals surface area contributed by atoms with Crippen molar-refractivity contribution < 1.29 is 19.2 Å². The minimum atomic E-state index is -0.691. The maximum absolute atomic E-state index is 11.8. The molecule has 31 heavy (non-hydrogen) atoms. The lowest BCUT2D eigenvalue weighted by Crippen LogP contribution is -2.27. The maximum atomic E-state index is 11.8. The second-order valence-electron chi connectivity index (χ2n) is 7.10. The molecule has 0 bridgehead atoms. The van der Waals surface area contributed by atoms with Crippen LogP contribution in [0.3, 0.4) is 0 Å². The van der Waals surface area contributed by atoms with Crippen molar-refractivity contribution in [2.75, 3.05) is 19.0 Å². The lowest BCUT2D eigenvalue weighted by molar-refractivity contribution is -0.384. The number of benzene rings is 1. The third-order valence-corrected chi connectivity index (χ3v) is 5.23. The number of ether oxygens (including phenoxy) is 2. The summed E-state index contributed by atoms with van der Waals surface area (Å²) in [5.74, 6) is 0.140. The van der Waals surface area contributed by atoms with Gasteiger partial charge in [0, 0.05) is 6.07 Å². The monoisotopic (exact) mass is 444 g/mol. The first-order chi connectivity index (χ1) is 14.7. The van der Waals surface area contributed by atoms with Crippen molar-refractivity contribution >= 4 is 34.9 Å². The minimum Gasteiger partial charge on any atom is -0.486 e. The van der Waals surface area contributed by atoms with E-state index in [1.54, 1.807) is 31.2 Å². The fraction of sp³-hybridized carbons (Fsp3) is 0.286. The van der Waals surface area contributed by atoms with E-state index in [1.165, 1.54) is 25.6 Å². The molecule has 0 fully saturated rings. The Labute approximate surface area is 183 Å². The molecule has 10 heteroatoms. The van der Waals surface area contributed by atoms with Crippen LogP contribution in [0.1, 0.15) is 18.9 Å². The highest BCUT2D eigenvalue weighted by molar-refractivity contribution is 6.26. The molecular formula is C21H21ClN4O5. The van der Waals surface area contributed by atoms with Crippen LogP contribution in [0, 0.1) is 17.0 Å². The van der Waals surface area contributed by atoms with Crippen LogP contribution in [0.4, 0.5) is 17.3 Å². The van der Waals surface area contributed by atoms with Crippen LogP contribution in [0.15, 0.2) is 53.9 Å². The third kappa shape index (κ3) is 5.18. The number of nitro groups is 1. The molecule has 3 rings (SSSR count). The second-order valence-corrected chi connectivity index (χ2v) is 7.94. The van der Waals surface area contributed by atoms with E-state index in [-0.39, 0.29) is 18.2 Å². The summed E-state index contributed by atoms with van der Waals surface area (Å²) < 4.78 is 10.5. The Morgan fingerprint density at radius 1 is 1.35 bits per heavy atom. The van der Waals surface area contributed by atoms with Crippen molar-refractivity contribution in [3.8, 4) is 5.75 Å². The number of allylic oxidation sites excluding steroid dienone is 1. The van der Waals surface area contributed by atoms with Gasteiger partial charge in [-0.2, -0.15) is 0 Å². The third-order valence-electron chi connectivity index (χ3n) is 4.83. The van der Waals surface area contributed by atoms with Crippen molar-refractivity contribution in [2.24, 2.45) is 0 Å². The molecule has 9 nitrogen and oxygen atoms in total. The predicted octanol–water partition coefficient (Wildman–Crippen LogP) is 4.24. The molecule has 2 aromatic rings. The minimum absolute atomic E-state index is 0.0657. The standard InChI is InChI=1S/C21H21ClN4O5/c1-13-5-4-6-17(26(28)29)18(13)25-20-23-10-16(11-24-20)31-12-15-9-14(19(27)30-3)7-8-21(15,2)22/h4-7,9-11H,8,12H2,1-3H3,(H,23,24,25). The van der Waals surface area contributed by atoms with E-state index < -0.39 is 15.8 Å². The molecule has 1 unspecified atom stereocenters. The maximum Gasteiger partial charge on any atom is 0.337 e. The van der Waals surface area contributed by atoms with Crippen molar-refractivity contribution in [3.05, 3.63) is 69.6 Å². The number of halogens is 1. The molecule has 0 spiro atoms. The summed E-state index contributed by atoms with van der Waals surface area (Å²) in [5, 5.41) is 14.1. The Hall–Kier alpha value is -3.46. The fourth-order valence-electron chi connectivity index (χ4n) is 2.98. The van der Waals surface area contributed by atoms with Gasteiger partial charge in [0.05, 0.1) is 34.9 Å². The highest BCUT2D eigenvalue weighted by Crippen LogP contribution is 2.35. The van der Waals surface area contributed by atoms with Crippen LogP contribution in [0.5, 0.6) is 5.75 Å². The van der Waals surface area contributed by atoms with Gasteiger partial charge in [0.25, 0.3) is 5.69 Å². The first-order valence-electron chi connectivity index (χ1n) is 9.35. The number of anilines is 2. The highest BCUT2D eigenvalue weighted by Gasteiger charge is 2.30. The van der Waals surface area contributed by atoms with E-state index in [1.807, 2.05) is 6.92 Å². The number of carbonyl (C=O) groups is 1. The largest absolute Gasteiger partial charge is 0.486 e. The number of rotatable bonds is 7. The summed E-state index contributed by atoms with van der Waals surface area (Å²) in [6.45, 7) is 3.73. The lowest BCUT2D eigenvalue weighted by atomic mass is 9.89. The molecular weight excluding hydrogens is 424 g/mol. The summed E-state index contributed by atoms with van der Waals surface area (Å²) in [6, 6.07) is 4.78. The number of aryl methyl sites for hydroxylation is 1. The normalized spacial score (nSPS) is 17.9. The van der Waals surface area contributed by atoms with Gasteiger partial charge in [-0.15, -0.1) is 11.6 Å². The number of hydrogen-bond acceptors (Lipinski definition) is 8. The summed E-state index contributed by atoms with van der Waals surface area (Å²) in [7, 11) is 1.32. The van der Waals surface area contributed by atoms with Crippen molar-refractivity contribution in [3.63, 3.8) is 0 Å². The number of methoxy groups -OCH3 is 1. The highest BCUT2D eigenvalue weighted by atomic mass is 35.5. The number of alkyl halides is 1. The summed E-state index contributed by atoms with van der Waals surface area (Å²) in [6.07, 6.45) is 6.76. The Kier molecular flexibility index (Phi) is 6.55. The van der Waals surface area contributed by atoms with Crippen LogP contribution in [0.2, 0.25) is 0 Å².